The van der Waals surface area contributed by atoms with Crippen LogP contribution >= 0.6 is 0 Å². The first-order valence-corrected chi connectivity index (χ1v) is 8.33. The Morgan fingerprint density at radius 3 is 1.61 bits per heavy atom. The van der Waals surface area contributed by atoms with Gasteiger partial charge in [0.2, 0.25) is 0 Å². The van der Waals surface area contributed by atoms with Crippen molar-refractivity contribution in [3.05, 3.63) is 0 Å². The first kappa shape index (κ1) is 18.0. The molecule has 0 radical (unpaired) electrons. The van der Waals surface area contributed by atoms with Gasteiger partial charge in [0.15, 0.2) is 0 Å². The van der Waals surface area contributed by atoms with Crippen molar-refractivity contribution in [3.8, 4) is 0 Å². The molecule has 0 saturated heterocycles. The van der Waals surface area contributed by atoms with Crippen molar-refractivity contribution in [2.24, 2.45) is 10.8 Å². The predicted octanol–water partition coefficient (Wildman–Crippen LogP) is 6.98. The Morgan fingerprint density at radius 2 is 1.06 bits per heavy atom. The number of rotatable bonds is 11. The van der Waals surface area contributed by atoms with Crippen LogP contribution in [0.25, 0.3) is 0 Å². The van der Waals surface area contributed by atoms with Crippen molar-refractivity contribution in [2.45, 2.75) is 106 Å². The molecule has 0 bridgehead atoms. The predicted molar refractivity (Wildman–Crippen MR) is 85.1 cm³/mol. The normalized spacial score (nSPS) is 13.0. The van der Waals surface area contributed by atoms with Crippen LogP contribution in [0.3, 0.4) is 0 Å². The zero-order valence-electron chi connectivity index (χ0n) is 14.1. The van der Waals surface area contributed by atoms with Crippen molar-refractivity contribution >= 4 is 0 Å². The lowest BCUT2D eigenvalue weighted by Gasteiger charge is -2.28. The molecule has 0 amide bonds. The summed E-state index contributed by atoms with van der Waals surface area (Å²) in [4.78, 5) is 0. The molecule has 0 saturated carbocycles. The topological polar surface area (TPSA) is 0 Å². The average Bonchev–Trinajstić information content (AvgIpc) is 2.28. The molecule has 0 aromatic carbocycles. The van der Waals surface area contributed by atoms with Gasteiger partial charge in [0.25, 0.3) is 0 Å². The van der Waals surface area contributed by atoms with Gasteiger partial charge in [-0.05, 0) is 30.1 Å². The Hall–Kier alpha value is 0. The SMILES string of the molecule is CCCCCCCC(C)(C)CCCC(C)(C)CC. The monoisotopic (exact) mass is 254 g/mol. The molecule has 0 unspecified atom stereocenters. The fourth-order valence-electron chi connectivity index (χ4n) is 2.55. The molecule has 0 heteroatoms. The zero-order valence-corrected chi connectivity index (χ0v) is 14.1. The Morgan fingerprint density at radius 1 is 0.556 bits per heavy atom. The van der Waals surface area contributed by atoms with E-state index in [1.165, 1.54) is 64.2 Å². The summed E-state index contributed by atoms with van der Waals surface area (Å²) >= 11 is 0. The van der Waals surface area contributed by atoms with Crippen LogP contribution in [-0.2, 0) is 0 Å². The third-order valence-corrected chi connectivity index (χ3v) is 4.62. The summed E-state index contributed by atoms with van der Waals surface area (Å²) in [6.45, 7) is 14.4. The molecule has 0 heterocycles. The highest BCUT2D eigenvalue weighted by Crippen LogP contribution is 2.34. The van der Waals surface area contributed by atoms with E-state index in [0.717, 1.165) is 0 Å². The van der Waals surface area contributed by atoms with Gasteiger partial charge in [-0.3, -0.25) is 0 Å². The molecule has 110 valence electrons. The van der Waals surface area contributed by atoms with E-state index in [1.54, 1.807) is 0 Å². The Labute approximate surface area is 117 Å². The van der Waals surface area contributed by atoms with Crippen molar-refractivity contribution < 1.29 is 0 Å². The first-order chi connectivity index (χ1) is 8.33. The second kappa shape index (κ2) is 8.99. The van der Waals surface area contributed by atoms with E-state index in [4.69, 9.17) is 0 Å². The van der Waals surface area contributed by atoms with E-state index in [9.17, 15) is 0 Å². The van der Waals surface area contributed by atoms with Gasteiger partial charge in [0.05, 0.1) is 0 Å². The van der Waals surface area contributed by atoms with Crippen molar-refractivity contribution in [1.29, 1.82) is 0 Å². The lowest BCUT2D eigenvalue weighted by molar-refractivity contribution is 0.244. The quantitative estimate of drug-likeness (QED) is 0.349. The minimum Gasteiger partial charge on any atom is -0.0654 e. The van der Waals surface area contributed by atoms with Gasteiger partial charge in [-0.2, -0.15) is 0 Å². The molecule has 0 aromatic rings. The molecule has 0 aliphatic heterocycles. The van der Waals surface area contributed by atoms with Gasteiger partial charge in [0, 0.05) is 0 Å². The highest BCUT2D eigenvalue weighted by molar-refractivity contribution is 4.72. The number of hydrogen-bond acceptors (Lipinski definition) is 0. The maximum absolute atomic E-state index is 2.46. The molecular weight excluding hydrogens is 216 g/mol. The van der Waals surface area contributed by atoms with Crippen LogP contribution in [0.15, 0.2) is 0 Å². The summed E-state index contributed by atoms with van der Waals surface area (Å²) in [5, 5.41) is 0. The van der Waals surface area contributed by atoms with Crippen molar-refractivity contribution in [3.63, 3.8) is 0 Å². The van der Waals surface area contributed by atoms with E-state index < -0.39 is 0 Å². The largest absolute Gasteiger partial charge is 0.0654 e. The second-order valence-electron chi connectivity index (χ2n) is 7.70. The maximum atomic E-state index is 2.46. The third-order valence-electron chi connectivity index (χ3n) is 4.62. The molecule has 0 nitrogen and oxygen atoms in total. The molecular formula is C18H38. The molecule has 0 aliphatic carbocycles. The van der Waals surface area contributed by atoms with Gasteiger partial charge in [-0.25, -0.2) is 0 Å². The highest BCUT2D eigenvalue weighted by atomic mass is 14.3. The van der Waals surface area contributed by atoms with Gasteiger partial charge in [-0.1, -0.05) is 86.5 Å². The van der Waals surface area contributed by atoms with Crippen LogP contribution < -0.4 is 0 Å². The Balaban J connectivity index is 3.66. The number of unbranched alkanes of at least 4 members (excludes halogenated alkanes) is 4. The van der Waals surface area contributed by atoms with Crippen LogP contribution in [0.1, 0.15) is 106 Å². The van der Waals surface area contributed by atoms with Crippen molar-refractivity contribution in [1.82, 2.24) is 0 Å². The summed E-state index contributed by atoms with van der Waals surface area (Å²) < 4.78 is 0. The smallest absolute Gasteiger partial charge is 0.0354 e. The van der Waals surface area contributed by atoms with Crippen LogP contribution in [0.4, 0.5) is 0 Å². The van der Waals surface area contributed by atoms with E-state index >= 15 is 0 Å². The molecule has 0 aromatic heterocycles. The number of hydrogen-bond donors (Lipinski definition) is 0. The summed E-state index contributed by atoms with van der Waals surface area (Å²) in [5.41, 5.74) is 1.12. The van der Waals surface area contributed by atoms with E-state index in [-0.39, 0.29) is 0 Å². The average molecular weight is 255 g/mol. The molecule has 0 rings (SSSR count). The van der Waals surface area contributed by atoms with Crippen LogP contribution in [0.5, 0.6) is 0 Å². The van der Waals surface area contributed by atoms with E-state index in [1.807, 2.05) is 0 Å². The Kier molecular flexibility index (Phi) is 8.99. The fourth-order valence-corrected chi connectivity index (χ4v) is 2.55. The third kappa shape index (κ3) is 9.97. The molecule has 0 aliphatic rings. The second-order valence-corrected chi connectivity index (χ2v) is 7.70. The van der Waals surface area contributed by atoms with Crippen LogP contribution in [0, 0.1) is 10.8 Å². The van der Waals surface area contributed by atoms with Gasteiger partial charge < -0.3 is 0 Å². The lowest BCUT2D eigenvalue weighted by atomic mass is 9.78. The minimum absolute atomic E-state index is 0.553. The summed E-state index contributed by atoms with van der Waals surface area (Å²) in [6.07, 6.45) is 14.0. The van der Waals surface area contributed by atoms with E-state index in [2.05, 4.69) is 41.5 Å². The lowest BCUT2D eigenvalue weighted by Crippen LogP contribution is -2.14. The molecule has 18 heavy (non-hydrogen) atoms. The molecule has 0 spiro atoms. The van der Waals surface area contributed by atoms with Gasteiger partial charge in [-0.15, -0.1) is 0 Å². The van der Waals surface area contributed by atoms with Gasteiger partial charge in [0.1, 0.15) is 0 Å². The fraction of sp³-hybridized carbons (Fsp3) is 1.00. The standard InChI is InChI=1S/C18H38/c1-7-9-10-11-12-14-18(5,6)16-13-15-17(3,4)8-2/h7-16H2,1-6H3. The first-order valence-electron chi connectivity index (χ1n) is 8.33. The Bertz CT molecular complexity index is 188. The summed E-state index contributed by atoms with van der Waals surface area (Å²) in [6, 6.07) is 0. The van der Waals surface area contributed by atoms with Crippen LogP contribution in [0.2, 0.25) is 0 Å². The van der Waals surface area contributed by atoms with Gasteiger partial charge >= 0.3 is 0 Å². The van der Waals surface area contributed by atoms with Crippen LogP contribution in [-0.4, -0.2) is 0 Å². The summed E-state index contributed by atoms with van der Waals surface area (Å²) in [7, 11) is 0. The zero-order chi connectivity index (χ0) is 14.1. The summed E-state index contributed by atoms with van der Waals surface area (Å²) in [5.74, 6) is 0. The van der Waals surface area contributed by atoms with E-state index in [0.29, 0.717) is 10.8 Å². The molecule has 0 atom stereocenters. The minimum atomic E-state index is 0.553. The molecule has 0 N–H and O–H groups in total. The highest BCUT2D eigenvalue weighted by Gasteiger charge is 2.20. The van der Waals surface area contributed by atoms with Crippen molar-refractivity contribution in [2.75, 3.05) is 0 Å². The molecule has 0 fully saturated rings. The maximum Gasteiger partial charge on any atom is -0.0354 e.